The van der Waals surface area contributed by atoms with E-state index in [2.05, 4.69) is 15.3 Å². The SMILES string of the molecule is O=C(COC(=O)c1cccnc1Oc1cccnc1)NCCCc1ccccc1. The first-order valence-corrected chi connectivity index (χ1v) is 9.23. The number of hydrogen-bond acceptors (Lipinski definition) is 6. The maximum atomic E-state index is 12.3. The van der Waals surface area contributed by atoms with Gasteiger partial charge in [-0.1, -0.05) is 30.3 Å². The second-order valence-corrected chi connectivity index (χ2v) is 6.16. The summed E-state index contributed by atoms with van der Waals surface area (Å²) >= 11 is 0. The maximum absolute atomic E-state index is 12.3. The average molecular weight is 391 g/mol. The van der Waals surface area contributed by atoms with E-state index in [4.69, 9.17) is 9.47 Å². The molecular weight excluding hydrogens is 370 g/mol. The summed E-state index contributed by atoms with van der Waals surface area (Å²) in [5.41, 5.74) is 1.35. The van der Waals surface area contributed by atoms with Crippen molar-refractivity contribution < 1.29 is 19.1 Å². The van der Waals surface area contributed by atoms with Crippen molar-refractivity contribution in [1.29, 1.82) is 0 Å². The number of hydrogen-bond donors (Lipinski definition) is 1. The zero-order valence-corrected chi connectivity index (χ0v) is 15.8. The van der Waals surface area contributed by atoms with Crippen LogP contribution in [-0.4, -0.2) is 35.0 Å². The summed E-state index contributed by atoms with van der Waals surface area (Å²) in [7, 11) is 0. The van der Waals surface area contributed by atoms with Gasteiger partial charge in [0.25, 0.3) is 5.91 Å². The van der Waals surface area contributed by atoms with Crippen LogP contribution < -0.4 is 10.1 Å². The molecule has 0 aliphatic carbocycles. The fraction of sp³-hybridized carbons (Fsp3) is 0.182. The van der Waals surface area contributed by atoms with Crippen LogP contribution in [0, 0.1) is 0 Å². The quantitative estimate of drug-likeness (QED) is 0.445. The van der Waals surface area contributed by atoms with Crippen molar-refractivity contribution in [3.63, 3.8) is 0 Å². The third-order valence-corrected chi connectivity index (χ3v) is 3.98. The van der Waals surface area contributed by atoms with Crippen LogP contribution in [0.2, 0.25) is 0 Å². The van der Waals surface area contributed by atoms with E-state index in [1.807, 2.05) is 30.3 Å². The second-order valence-electron chi connectivity index (χ2n) is 6.16. The molecule has 1 aromatic carbocycles. The third kappa shape index (κ3) is 6.42. The van der Waals surface area contributed by atoms with Gasteiger partial charge in [-0.25, -0.2) is 9.78 Å². The number of aromatic nitrogens is 2. The molecule has 0 unspecified atom stereocenters. The summed E-state index contributed by atoms with van der Waals surface area (Å²) in [6.45, 7) is 0.138. The zero-order valence-electron chi connectivity index (χ0n) is 15.8. The number of pyridine rings is 2. The predicted octanol–water partition coefficient (Wildman–Crippen LogP) is 3.17. The minimum atomic E-state index is -0.684. The highest BCUT2D eigenvalue weighted by Gasteiger charge is 2.17. The number of esters is 1. The van der Waals surface area contributed by atoms with Gasteiger partial charge in [-0.3, -0.25) is 9.78 Å². The first kappa shape index (κ1) is 20.0. The molecular formula is C22H21N3O4. The maximum Gasteiger partial charge on any atom is 0.344 e. The third-order valence-electron chi connectivity index (χ3n) is 3.98. The van der Waals surface area contributed by atoms with Crippen molar-refractivity contribution in [2.24, 2.45) is 0 Å². The van der Waals surface area contributed by atoms with Gasteiger partial charge >= 0.3 is 5.97 Å². The molecule has 1 amide bonds. The van der Waals surface area contributed by atoms with Crippen molar-refractivity contribution in [3.05, 3.63) is 84.3 Å². The van der Waals surface area contributed by atoms with Crippen LogP contribution >= 0.6 is 0 Å². The standard InChI is InChI=1S/C22H21N3O4/c26-20(24-13-4-9-17-7-2-1-3-8-17)16-28-22(27)19-11-6-14-25-21(19)29-18-10-5-12-23-15-18/h1-3,5-8,10-12,14-15H,4,9,13,16H2,(H,24,26). The molecule has 148 valence electrons. The van der Waals surface area contributed by atoms with E-state index in [1.54, 1.807) is 24.4 Å². The highest BCUT2D eigenvalue weighted by molar-refractivity contribution is 5.93. The number of amides is 1. The smallest absolute Gasteiger partial charge is 0.344 e. The van der Waals surface area contributed by atoms with E-state index in [1.165, 1.54) is 24.0 Å². The van der Waals surface area contributed by atoms with Gasteiger partial charge in [-0.05, 0) is 42.7 Å². The van der Waals surface area contributed by atoms with E-state index >= 15 is 0 Å². The van der Waals surface area contributed by atoms with Gasteiger partial charge in [0.15, 0.2) is 6.61 Å². The summed E-state index contributed by atoms with van der Waals surface area (Å²) in [5, 5.41) is 2.74. The molecule has 3 rings (SSSR count). The number of carbonyl (C=O) groups is 2. The minimum Gasteiger partial charge on any atom is -0.452 e. The molecule has 1 N–H and O–H groups in total. The molecule has 7 nitrogen and oxygen atoms in total. The number of aryl methyl sites for hydroxylation is 1. The number of carbonyl (C=O) groups excluding carboxylic acids is 2. The van der Waals surface area contributed by atoms with Crippen LogP contribution in [-0.2, 0) is 16.0 Å². The lowest BCUT2D eigenvalue weighted by molar-refractivity contribution is -0.124. The molecule has 0 bridgehead atoms. The lowest BCUT2D eigenvalue weighted by atomic mass is 10.1. The van der Waals surface area contributed by atoms with Gasteiger partial charge in [-0.15, -0.1) is 0 Å². The molecule has 0 aliphatic rings. The van der Waals surface area contributed by atoms with Gasteiger partial charge in [0.05, 0.1) is 6.20 Å². The molecule has 0 aliphatic heterocycles. The molecule has 0 saturated heterocycles. The van der Waals surface area contributed by atoms with Crippen LogP contribution in [0.4, 0.5) is 0 Å². The van der Waals surface area contributed by atoms with E-state index in [0.29, 0.717) is 12.3 Å². The van der Waals surface area contributed by atoms with Gasteiger partial charge < -0.3 is 14.8 Å². The largest absolute Gasteiger partial charge is 0.452 e. The number of benzene rings is 1. The zero-order chi connectivity index (χ0) is 20.3. The number of nitrogens with zero attached hydrogens (tertiary/aromatic N) is 2. The molecule has 29 heavy (non-hydrogen) atoms. The molecule has 0 fully saturated rings. The summed E-state index contributed by atoms with van der Waals surface area (Å²) < 4.78 is 10.7. The van der Waals surface area contributed by atoms with E-state index in [9.17, 15) is 9.59 Å². The highest BCUT2D eigenvalue weighted by Crippen LogP contribution is 2.22. The predicted molar refractivity (Wildman–Crippen MR) is 107 cm³/mol. The Bertz CT molecular complexity index is 933. The van der Waals surface area contributed by atoms with Crippen molar-refractivity contribution in [3.8, 4) is 11.6 Å². The van der Waals surface area contributed by atoms with E-state index in [0.717, 1.165) is 12.8 Å². The molecule has 0 atom stereocenters. The van der Waals surface area contributed by atoms with Crippen molar-refractivity contribution in [2.45, 2.75) is 12.8 Å². The molecule has 2 heterocycles. The lowest BCUT2D eigenvalue weighted by Crippen LogP contribution is -2.29. The number of ether oxygens (including phenoxy) is 2. The summed E-state index contributed by atoms with van der Waals surface area (Å²) in [6, 6.07) is 16.5. The van der Waals surface area contributed by atoms with Gasteiger partial charge in [0.2, 0.25) is 5.88 Å². The topological polar surface area (TPSA) is 90.4 Å². The highest BCUT2D eigenvalue weighted by atomic mass is 16.5. The lowest BCUT2D eigenvalue weighted by Gasteiger charge is -2.10. The average Bonchev–Trinajstić information content (AvgIpc) is 2.77. The van der Waals surface area contributed by atoms with Crippen LogP contribution in [0.25, 0.3) is 0 Å². The first-order chi connectivity index (χ1) is 14.2. The van der Waals surface area contributed by atoms with Crippen molar-refractivity contribution in [2.75, 3.05) is 13.2 Å². The minimum absolute atomic E-state index is 0.0915. The first-order valence-electron chi connectivity index (χ1n) is 9.23. The fourth-order valence-electron chi connectivity index (χ4n) is 2.57. The Labute approximate surface area is 168 Å². The van der Waals surface area contributed by atoms with Crippen LogP contribution in [0.15, 0.2) is 73.2 Å². The van der Waals surface area contributed by atoms with Crippen LogP contribution in [0.5, 0.6) is 11.6 Å². The molecule has 0 spiro atoms. The van der Waals surface area contributed by atoms with E-state index < -0.39 is 5.97 Å². The summed E-state index contributed by atoms with van der Waals surface area (Å²) in [4.78, 5) is 32.3. The van der Waals surface area contributed by atoms with Gasteiger partial charge in [0, 0.05) is 18.9 Å². The Balaban J connectivity index is 1.45. The van der Waals surface area contributed by atoms with Crippen LogP contribution in [0.3, 0.4) is 0 Å². The monoisotopic (exact) mass is 391 g/mol. The molecule has 0 saturated carbocycles. The Morgan fingerprint density at radius 3 is 2.59 bits per heavy atom. The molecule has 0 radical (unpaired) electrons. The fourth-order valence-corrected chi connectivity index (χ4v) is 2.57. The second kappa shape index (κ2) is 10.6. The van der Waals surface area contributed by atoms with Gasteiger partial charge in [0.1, 0.15) is 11.3 Å². The normalized spacial score (nSPS) is 10.2. The molecule has 7 heteroatoms. The number of rotatable bonds is 9. The molecule has 2 aromatic heterocycles. The van der Waals surface area contributed by atoms with Crippen LogP contribution in [0.1, 0.15) is 22.3 Å². The summed E-state index contributed by atoms with van der Waals surface area (Å²) in [5.74, 6) is -0.508. The van der Waals surface area contributed by atoms with Crippen molar-refractivity contribution >= 4 is 11.9 Å². The van der Waals surface area contributed by atoms with E-state index in [-0.39, 0.29) is 24.0 Å². The number of nitrogens with one attached hydrogen (secondary N) is 1. The Morgan fingerprint density at radius 2 is 1.79 bits per heavy atom. The van der Waals surface area contributed by atoms with Crippen molar-refractivity contribution in [1.82, 2.24) is 15.3 Å². The summed E-state index contributed by atoms with van der Waals surface area (Å²) in [6.07, 6.45) is 6.29. The Hall–Kier alpha value is -3.74. The Morgan fingerprint density at radius 1 is 0.966 bits per heavy atom. The van der Waals surface area contributed by atoms with Gasteiger partial charge in [-0.2, -0.15) is 0 Å². The molecule has 3 aromatic rings. The Kier molecular flexibility index (Phi) is 7.28.